The van der Waals surface area contributed by atoms with E-state index in [0.29, 0.717) is 6.61 Å². The van der Waals surface area contributed by atoms with Crippen molar-refractivity contribution in [2.75, 3.05) is 27.3 Å². The van der Waals surface area contributed by atoms with Gasteiger partial charge in [0, 0.05) is 37.4 Å². The summed E-state index contributed by atoms with van der Waals surface area (Å²) in [5, 5.41) is 2.94. The summed E-state index contributed by atoms with van der Waals surface area (Å²) >= 11 is 5.87. The molecular formula is C13H20ClFN2O3S. The normalized spacial score (nSPS) is 13.4. The van der Waals surface area contributed by atoms with Gasteiger partial charge in [-0.25, -0.2) is 17.5 Å². The molecule has 1 atom stereocenters. The van der Waals surface area contributed by atoms with E-state index in [0.717, 1.165) is 6.07 Å². The fraction of sp³-hybridized carbons (Fsp3) is 0.538. The van der Waals surface area contributed by atoms with Crippen molar-refractivity contribution in [3.05, 3.63) is 28.5 Å². The molecule has 0 aliphatic rings. The number of methoxy groups -OCH3 is 1. The second-order valence-corrected chi connectivity index (χ2v) is 6.99. The Labute approximate surface area is 129 Å². The second-order valence-electron chi connectivity index (χ2n) is 4.82. The topological polar surface area (TPSA) is 67.4 Å². The quantitative estimate of drug-likeness (QED) is 0.758. The Morgan fingerprint density at radius 2 is 2.10 bits per heavy atom. The summed E-state index contributed by atoms with van der Waals surface area (Å²) in [4.78, 5) is -0.440. The van der Waals surface area contributed by atoms with E-state index in [4.69, 9.17) is 16.3 Å². The monoisotopic (exact) mass is 338 g/mol. The van der Waals surface area contributed by atoms with Gasteiger partial charge in [0.2, 0.25) is 10.0 Å². The summed E-state index contributed by atoms with van der Waals surface area (Å²) < 4.78 is 46.0. The van der Waals surface area contributed by atoms with E-state index >= 15 is 0 Å². The third-order valence-corrected chi connectivity index (χ3v) is 4.45. The van der Waals surface area contributed by atoms with Crippen molar-refractivity contribution in [3.63, 3.8) is 0 Å². The van der Waals surface area contributed by atoms with Gasteiger partial charge in [-0.2, -0.15) is 0 Å². The van der Waals surface area contributed by atoms with Crippen LogP contribution in [0.3, 0.4) is 0 Å². The zero-order valence-electron chi connectivity index (χ0n) is 12.2. The number of nitrogens with one attached hydrogen (secondary N) is 2. The van der Waals surface area contributed by atoms with Crippen molar-refractivity contribution in [1.82, 2.24) is 10.0 Å². The molecule has 0 fully saturated rings. The number of halogens is 2. The van der Waals surface area contributed by atoms with Gasteiger partial charge in [-0.15, -0.1) is 0 Å². The Kier molecular flexibility index (Phi) is 7.02. The summed E-state index contributed by atoms with van der Waals surface area (Å²) in [7, 11) is -0.789. The first kappa shape index (κ1) is 18.3. The van der Waals surface area contributed by atoms with Crippen LogP contribution in [-0.2, 0) is 21.3 Å². The van der Waals surface area contributed by atoms with Crippen LogP contribution in [0.2, 0.25) is 5.02 Å². The standard InChI is InChI=1S/C13H20ClFN2O3S/c1-9(8-20-3)6-17-21(18,19)12-5-11(14)4-10(7-16-2)13(12)15/h4-5,9,16-17H,6-8H2,1-3H3. The van der Waals surface area contributed by atoms with Crippen LogP contribution in [0.1, 0.15) is 12.5 Å². The molecule has 0 spiro atoms. The molecule has 1 aromatic rings. The average Bonchev–Trinajstić information content (AvgIpc) is 2.41. The van der Waals surface area contributed by atoms with Crippen LogP contribution in [0.4, 0.5) is 4.39 Å². The van der Waals surface area contributed by atoms with Gasteiger partial charge in [-0.3, -0.25) is 0 Å². The van der Waals surface area contributed by atoms with Crippen molar-refractivity contribution in [1.29, 1.82) is 0 Å². The number of benzene rings is 1. The first-order valence-electron chi connectivity index (χ1n) is 6.43. The largest absolute Gasteiger partial charge is 0.384 e. The predicted molar refractivity (Wildman–Crippen MR) is 80.4 cm³/mol. The Bertz CT molecular complexity index is 581. The Hall–Kier alpha value is -0.730. The highest BCUT2D eigenvalue weighted by Gasteiger charge is 2.22. The molecule has 21 heavy (non-hydrogen) atoms. The van der Waals surface area contributed by atoms with E-state index in [9.17, 15) is 12.8 Å². The summed E-state index contributed by atoms with van der Waals surface area (Å²) in [6.45, 7) is 2.58. The second kappa shape index (κ2) is 8.05. The van der Waals surface area contributed by atoms with Crippen molar-refractivity contribution >= 4 is 21.6 Å². The Balaban J connectivity index is 3.02. The van der Waals surface area contributed by atoms with E-state index in [2.05, 4.69) is 10.0 Å². The summed E-state index contributed by atoms with van der Waals surface area (Å²) in [5.74, 6) is -0.815. The fourth-order valence-corrected chi connectivity index (χ4v) is 3.42. The van der Waals surface area contributed by atoms with Gasteiger partial charge >= 0.3 is 0 Å². The molecule has 0 aliphatic heterocycles. The van der Waals surface area contributed by atoms with E-state index < -0.39 is 20.7 Å². The predicted octanol–water partition coefficient (Wildman–Crippen LogP) is 1.76. The van der Waals surface area contributed by atoms with Crippen LogP contribution in [0.25, 0.3) is 0 Å². The minimum Gasteiger partial charge on any atom is -0.384 e. The molecule has 0 saturated heterocycles. The lowest BCUT2D eigenvalue weighted by atomic mass is 10.2. The maximum absolute atomic E-state index is 14.3. The molecule has 1 aromatic carbocycles. The summed E-state index contributed by atoms with van der Waals surface area (Å²) in [5.41, 5.74) is 0.204. The highest BCUT2D eigenvalue weighted by atomic mass is 35.5. The lowest BCUT2D eigenvalue weighted by molar-refractivity contribution is 0.161. The first-order chi connectivity index (χ1) is 9.81. The van der Waals surface area contributed by atoms with Gasteiger partial charge in [0.05, 0.1) is 0 Å². The zero-order chi connectivity index (χ0) is 16.0. The molecule has 1 rings (SSSR count). The summed E-state index contributed by atoms with van der Waals surface area (Å²) in [6, 6.07) is 2.51. The average molecular weight is 339 g/mol. The van der Waals surface area contributed by atoms with Crippen LogP contribution in [-0.4, -0.2) is 35.7 Å². The number of rotatable bonds is 8. The highest BCUT2D eigenvalue weighted by molar-refractivity contribution is 7.89. The number of hydrogen-bond donors (Lipinski definition) is 2. The van der Waals surface area contributed by atoms with Crippen LogP contribution < -0.4 is 10.0 Å². The minimum atomic E-state index is -3.96. The van der Waals surface area contributed by atoms with Crippen LogP contribution in [0, 0.1) is 11.7 Å². The van der Waals surface area contributed by atoms with E-state index in [-0.39, 0.29) is 29.6 Å². The van der Waals surface area contributed by atoms with Gasteiger partial charge in [0.15, 0.2) is 0 Å². The zero-order valence-corrected chi connectivity index (χ0v) is 13.8. The molecular weight excluding hydrogens is 319 g/mol. The fourth-order valence-electron chi connectivity index (χ4n) is 1.81. The molecule has 8 heteroatoms. The SMILES string of the molecule is CNCc1cc(Cl)cc(S(=O)(=O)NCC(C)COC)c1F. The molecule has 120 valence electrons. The maximum atomic E-state index is 14.3. The molecule has 0 amide bonds. The molecule has 0 heterocycles. The van der Waals surface area contributed by atoms with Crippen molar-refractivity contribution < 1.29 is 17.5 Å². The van der Waals surface area contributed by atoms with Crippen molar-refractivity contribution in [3.8, 4) is 0 Å². The third-order valence-electron chi connectivity index (χ3n) is 2.81. The van der Waals surface area contributed by atoms with Crippen LogP contribution in [0.15, 0.2) is 17.0 Å². The van der Waals surface area contributed by atoms with Crippen LogP contribution in [0.5, 0.6) is 0 Å². The molecule has 0 aromatic heterocycles. The number of hydrogen-bond acceptors (Lipinski definition) is 4. The molecule has 0 aliphatic carbocycles. The van der Waals surface area contributed by atoms with E-state index in [1.807, 2.05) is 6.92 Å². The Morgan fingerprint density at radius 3 is 2.67 bits per heavy atom. The molecule has 0 bridgehead atoms. The molecule has 1 unspecified atom stereocenters. The lowest BCUT2D eigenvalue weighted by Crippen LogP contribution is -2.31. The highest BCUT2D eigenvalue weighted by Crippen LogP contribution is 2.23. The number of ether oxygens (including phenoxy) is 1. The third kappa shape index (κ3) is 5.19. The minimum absolute atomic E-state index is 0.0243. The summed E-state index contributed by atoms with van der Waals surface area (Å²) in [6.07, 6.45) is 0. The Morgan fingerprint density at radius 1 is 1.43 bits per heavy atom. The van der Waals surface area contributed by atoms with Crippen molar-refractivity contribution in [2.45, 2.75) is 18.4 Å². The van der Waals surface area contributed by atoms with Gasteiger partial charge in [0.1, 0.15) is 10.7 Å². The van der Waals surface area contributed by atoms with Gasteiger partial charge in [-0.1, -0.05) is 18.5 Å². The van der Waals surface area contributed by atoms with Gasteiger partial charge in [-0.05, 0) is 25.1 Å². The lowest BCUT2D eigenvalue weighted by Gasteiger charge is -2.14. The van der Waals surface area contributed by atoms with E-state index in [1.54, 1.807) is 7.05 Å². The van der Waals surface area contributed by atoms with Gasteiger partial charge in [0.25, 0.3) is 0 Å². The first-order valence-corrected chi connectivity index (χ1v) is 8.29. The molecule has 5 nitrogen and oxygen atoms in total. The number of sulfonamides is 1. The van der Waals surface area contributed by atoms with Crippen molar-refractivity contribution in [2.24, 2.45) is 5.92 Å². The molecule has 0 radical (unpaired) electrons. The molecule has 0 saturated carbocycles. The van der Waals surface area contributed by atoms with Gasteiger partial charge < -0.3 is 10.1 Å². The maximum Gasteiger partial charge on any atom is 0.243 e. The van der Waals surface area contributed by atoms with Crippen LogP contribution >= 0.6 is 11.6 Å². The van der Waals surface area contributed by atoms with E-state index in [1.165, 1.54) is 13.2 Å². The molecule has 2 N–H and O–H groups in total. The smallest absolute Gasteiger partial charge is 0.243 e.